The van der Waals surface area contributed by atoms with Crippen LogP contribution in [0.3, 0.4) is 0 Å². The fraction of sp³-hybridized carbons (Fsp3) is 0. The van der Waals surface area contributed by atoms with E-state index in [9.17, 15) is 0 Å². The lowest BCUT2D eigenvalue weighted by Crippen LogP contribution is -2.07. The van der Waals surface area contributed by atoms with Crippen LogP contribution < -0.4 is 0 Å². The van der Waals surface area contributed by atoms with E-state index in [0.29, 0.717) is 0 Å². The maximum absolute atomic E-state index is 7.17. The molecular formula is H5BClFO3. The third-order valence-corrected chi connectivity index (χ3v) is 0. The first kappa shape index (κ1) is 16.4. The van der Waals surface area contributed by atoms with E-state index in [4.69, 9.17) is 15.1 Å². The first-order valence-corrected chi connectivity index (χ1v) is 0.775. The molecule has 0 aromatic carbocycles. The molecule has 3 nitrogen and oxygen atoms in total. The van der Waals surface area contributed by atoms with Gasteiger partial charge in [0.2, 0.25) is 0 Å². The maximum atomic E-state index is 7.17. The van der Waals surface area contributed by atoms with Gasteiger partial charge in [-0.25, -0.2) is 0 Å². The Hall–Kier alpha value is 0.165. The molecule has 0 heterocycles. The van der Waals surface area contributed by atoms with Crippen molar-refractivity contribution < 1.29 is 19.8 Å². The van der Waals surface area contributed by atoms with Crippen LogP contribution in [0.25, 0.3) is 0 Å². The van der Waals surface area contributed by atoms with Gasteiger partial charge >= 0.3 is 7.32 Å². The monoisotopic (exact) mass is 118 g/mol. The van der Waals surface area contributed by atoms with Gasteiger partial charge in [-0.15, -0.1) is 12.4 Å². The molecule has 0 amide bonds. The van der Waals surface area contributed by atoms with Gasteiger partial charge < -0.3 is 15.1 Å². The van der Waals surface area contributed by atoms with Crippen LogP contribution in [0.5, 0.6) is 0 Å². The van der Waals surface area contributed by atoms with Crippen LogP contribution >= 0.6 is 12.4 Å². The van der Waals surface area contributed by atoms with E-state index >= 15 is 0 Å². The fourth-order valence-corrected chi connectivity index (χ4v) is 0. The number of hydrogen-bond donors (Lipinski definition) is 3. The summed E-state index contributed by atoms with van der Waals surface area (Å²) in [6.07, 6.45) is 0. The summed E-state index contributed by atoms with van der Waals surface area (Å²) in [6.45, 7) is 0. The Balaban J connectivity index is -0.0000000450. The highest BCUT2D eigenvalue weighted by molar-refractivity contribution is 6.30. The van der Waals surface area contributed by atoms with Gasteiger partial charge in [-0.2, -0.15) is 0 Å². The quantitative estimate of drug-likeness (QED) is 0.340. The van der Waals surface area contributed by atoms with E-state index in [1.807, 2.05) is 0 Å². The molecule has 6 heavy (non-hydrogen) atoms. The summed E-state index contributed by atoms with van der Waals surface area (Å²) < 4.78 is 0. The van der Waals surface area contributed by atoms with Crippen molar-refractivity contribution in [1.82, 2.24) is 0 Å². The molecule has 0 unspecified atom stereocenters. The highest BCUT2D eigenvalue weighted by Crippen LogP contribution is 1.40. The summed E-state index contributed by atoms with van der Waals surface area (Å²) in [4.78, 5) is 0. The second-order valence-corrected chi connectivity index (χ2v) is 0.346. The molecule has 3 N–H and O–H groups in total. The van der Waals surface area contributed by atoms with Crippen LogP contribution in [-0.2, 0) is 0 Å². The molecule has 0 atom stereocenters. The Morgan fingerprint density at radius 2 is 1.00 bits per heavy atom. The zero-order valence-corrected chi connectivity index (χ0v) is 3.55. The molecule has 0 saturated carbocycles. The van der Waals surface area contributed by atoms with Crippen LogP contribution in [0, 0.1) is 0 Å². The Labute approximate surface area is 40.6 Å². The van der Waals surface area contributed by atoms with Crippen LogP contribution in [0.15, 0.2) is 0 Å². The van der Waals surface area contributed by atoms with Crippen molar-refractivity contribution in [3.8, 4) is 0 Å². The molecule has 0 bridgehead atoms. The van der Waals surface area contributed by atoms with Crippen molar-refractivity contribution in [3.05, 3.63) is 0 Å². The predicted molar refractivity (Wildman–Crippen MR) is 22.2 cm³/mol. The van der Waals surface area contributed by atoms with E-state index in [1.165, 1.54) is 0 Å². The largest absolute Gasteiger partial charge is 0.631 e. The molecule has 0 aliphatic rings. The van der Waals surface area contributed by atoms with E-state index in [-0.39, 0.29) is 17.1 Å². The smallest absolute Gasteiger partial charge is 0.402 e. The van der Waals surface area contributed by atoms with Gasteiger partial charge in [-0.1, -0.05) is 0 Å². The average Bonchev–Trinajstić information content (AvgIpc) is 0.811. The van der Waals surface area contributed by atoms with Crippen molar-refractivity contribution in [1.29, 1.82) is 0 Å². The fourth-order valence-electron chi connectivity index (χ4n) is 0. The lowest BCUT2D eigenvalue weighted by Gasteiger charge is -1.69. The van der Waals surface area contributed by atoms with Crippen LogP contribution in [0.1, 0.15) is 0 Å². The van der Waals surface area contributed by atoms with E-state index in [1.54, 1.807) is 0 Å². The molecular weight excluding hydrogens is 113 g/mol. The molecule has 0 saturated heterocycles. The molecule has 0 radical (unpaired) electrons. The van der Waals surface area contributed by atoms with E-state index in [2.05, 4.69) is 0 Å². The van der Waals surface area contributed by atoms with Gasteiger partial charge in [-0.05, 0) is 0 Å². The number of halogens is 2. The summed E-state index contributed by atoms with van der Waals surface area (Å²) in [6, 6.07) is 0. The molecule has 0 aliphatic carbocycles. The topological polar surface area (TPSA) is 60.7 Å². The molecule has 0 aromatic heterocycles. The second kappa shape index (κ2) is 8.94. The number of rotatable bonds is 0. The summed E-state index contributed by atoms with van der Waals surface area (Å²) in [5.74, 6) is 0. The highest BCUT2D eigenvalue weighted by Gasteiger charge is 1.92. The Kier molecular flexibility index (Phi) is 24.5. The van der Waals surface area contributed by atoms with Crippen molar-refractivity contribution in [2.75, 3.05) is 0 Å². The Morgan fingerprint density at radius 3 is 1.00 bits per heavy atom. The van der Waals surface area contributed by atoms with Crippen LogP contribution in [0.4, 0.5) is 4.70 Å². The standard InChI is InChI=1S/BH3O3.ClH.FH/c2-1(3)4;;/h2-4H;2*1H. The van der Waals surface area contributed by atoms with Gasteiger partial charge in [-0.3, -0.25) is 4.70 Å². The molecule has 40 valence electrons. The van der Waals surface area contributed by atoms with Crippen molar-refractivity contribution in [2.45, 2.75) is 0 Å². The summed E-state index contributed by atoms with van der Waals surface area (Å²) in [5, 5.41) is 21.5. The summed E-state index contributed by atoms with van der Waals surface area (Å²) in [7, 11) is -2.17. The molecule has 0 rings (SSSR count). The first-order valence-electron chi connectivity index (χ1n) is 0.775. The van der Waals surface area contributed by atoms with Crippen molar-refractivity contribution in [3.63, 3.8) is 0 Å². The molecule has 0 fully saturated rings. The van der Waals surface area contributed by atoms with E-state index in [0.717, 1.165) is 0 Å². The minimum atomic E-state index is -2.17. The van der Waals surface area contributed by atoms with Crippen molar-refractivity contribution in [2.24, 2.45) is 0 Å². The first-order chi connectivity index (χ1) is 1.73. The lowest BCUT2D eigenvalue weighted by molar-refractivity contribution is 0.278. The van der Waals surface area contributed by atoms with Gasteiger partial charge in [0, 0.05) is 0 Å². The third-order valence-electron chi connectivity index (χ3n) is 0. The molecule has 0 aliphatic heterocycles. The molecule has 0 aromatic rings. The summed E-state index contributed by atoms with van der Waals surface area (Å²) in [5.41, 5.74) is 0. The third kappa shape index (κ3) is 1530. The molecule has 0 spiro atoms. The minimum absolute atomic E-state index is 0. The van der Waals surface area contributed by atoms with Crippen LogP contribution in [-0.4, -0.2) is 22.4 Å². The average molecular weight is 118 g/mol. The minimum Gasteiger partial charge on any atom is -0.402 e. The zero-order chi connectivity index (χ0) is 3.58. The SMILES string of the molecule is Cl.F.OB(O)O. The summed E-state index contributed by atoms with van der Waals surface area (Å²) >= 11 is 0. The lowest BCUT2D eigenvalue weighted by atomic mass is 10.3. The number of hydrogen-bond acceptors (Lipinski definition) is 3. The van der Waals surface area contributed by atoms with Gasteiger partial charge in [0.05, 0.1) is 0 Å². The van der Waals surface area contributed by atoms with Crippen LogP contribution in [0.2, 0.25) is 0 Å². The Bertz CT molecular complexity index is 15.5. The Morgan fingerprint density at radius 1 is 1.00 bits per heavy atom. The zero-order valence-electron chi connectivity index (χ0n) is 2.74. The maximum Gasteiger partial charge on any atom is 0.631 e. The van der Waals surface area contributed by atoms with Gasteiger partial charge in [0.15, 0.2) is 0 Å². The van der Waals surface area contributed by atoms with Crippen molar-refractivity contribution >= 4 is 19.7 Å². The molecule has 6 heteroatoms. The highest BCUT2D eigenvalue weighted by atomic mass is 35.5. The van der Waals surface area contributed by atoms with E-state index < -0.39 is 7.32 Å². The predicted octanol–water partition coefficient (Wildman–Crippen LogP) is -1.48. The van der Waals surface area contributed by atoms with Gasteiger partial charge in [0.1, 0.15) is 0 Å². The normalized spacial score (nSPS) is 4.50. The second-order valence-electron chi connectivity index (χ2n) is 0.346. The van der Waals surface area contributed by atoms with Gasteiger partial charge in [0.25, 0.3) is 0 Å².